The Hall–Kier alpha value is -6.78. The second-order valence-electron chi connectivity index (χ2n) is 16.6. The molecule has 0 radical (unpaired) electrons. The fourth-order valence-corrected chi connectivity index (χ4v) is 18.8. The second-order valence-corrected chi connectivity index (χ2v) is 24.6. The van der Waals surface area contributed by atoms with Crippen LogP contribution < -0.4 is 23.9 Å². The third-order valence-corrected chi connectivity index (χ3v) is 21.1. The van der Waals surface area contributed by atoms with Crippen LogP contribution >= 0.6 is 0 Å². The molecule has 0 saturated carbocycles. The van der Waals surface area contributed by atoms with Crippen molar-refractivity contribution >= 4 is 54.0 Å². The fourth-order valence-electron chi connectivity index (χ4n) is 8.49. The van der Waals surface area contributed by atoms with E-state index in [1.165, 1.54) is 14.6 Å². The predicted molar refractivity (Wildman–Crippen MR) is 265 cm³/mol. The maximum absolute atomic E-state index is 9.40. The molecule has 0 bridgehead atoms. The molecule has 0 N–H and O–H groups in total. The Balaban J connectivity index is 0.00000675. The van der Waals surface area contributed by atoms with Crippen molar-refractivity contribution < 1.29 is 52.8 Å². The molecule has 4 heterocycles. The number of rotatable bonds is 8. The van der Waals surface area contributed by atoms with Gasteiger partial charge in [0.2, 0.25) is 0 Å². The van der Waals surface area contributed by atoms with Gasteiger partial charge in [0.25, 0.3) is 0 Å². The molecule has 0 spiro atoms. The molecule has 1 aliphatic heterocycles. The van der Waals surface area contributed by atoms with Gasteiger partial charge < -0.3 is 0 Å². The summed E-state index contributed by atoms with van der Waals surface area (Å²) in [5.74, 6) is 0.530. The number of hydrogen-bond acceptors (Lipinski definition) is 2. The summed E-state index contributed by atoms with van der Waals surface area (Å²) >= 11 is -3.04. The number of ether oxygens (including phenoxy) is 1. The van der Waals surface area contributed by atoms with Crippen LogP contribution in [0.1, 0.15) is 44.2 Å². The first-order chi connectivity index (χ1) is 37.8. The van der Waals surface area contributed by atoms with E-state index < -0.39 is 123 Å². The zero-order valence-corrected chi connectivity index (χ0v) is 41.8. The van der Waals surface area contributed by atoms with Gasteiger partial charge in [-0.3, -0.25) is 0 Å². The number of para-hydroxylation sites is 4. The van der Waals surface area contributed by atoms with Crippen LogP contribution in [0.3, 0.4) is 0 Å². The normalized spacial score (nSPS) is 14.9. The Labute approximate surface area is 431 Å². The van der Waals surface area contributed by atoms with Crippen LogP contribution in [0.15, 0.2) is 206 Å². The number of benzene rings is 8. The summed E-state index contributed by atoms with van der Waals surface area (Å²) in [6, 6.07) is 38.9. The molecule has 6 nitrogen and oxygen atoms in total. The van der Waals surface area contributed by atoms with Crippen molar-refractivity contribution in [1.29, 1.82) is 0 Å². The van der Waals surface area contributed by atoms with E-state index in [1.807, 2.05) is 24.3 Å². The molecule has 0 fully saturated rings. The van der Waals surface area contributed by atoms with Crippen LogP contribution in [0, 0.1) is 18.5 Å². The van der Waals surface area contributed by atoms with Crippen molar-refractivity contribution in [2.45, 2.75) is 26.2 Å². The van der Waals surface area contributed by atoms with E-state index in [2.05, 4.69) is 109 Å². The zero-order chi connectivity index (χ0) is 55.7. The number of aromatic nitrogens is 5. The van der Waals surface area contributed by atoms with Crippen molar-refractivity contribution in [2.75, 3.05) is 0 Å². The van der Waals surface area contributed by atoms with E-state index in [0.717, 1.165) is 22.5 Å². The third kappa shape index (κ3) is 7.55. The summed E-state index contributed by atoms with van der Waals surface area (Å²) in [5.41, 5.74) is 3.50. The number of nitrogens with zero attached hydrogens (tertiary/aromatic N) is 5. The Morgan fingerprint density at radius 1 is 0.687 bits per heavy atom. The summed E-state index contributed by atoms with van der Waals surface area (Å²) in [4.78, 5) is 5.27. The van der Waals surface area contributed by atoms with Gasteiger partial charge in [0.15, 0.2) is 0 Å². The second kappa shape index (κ2) is 17.5. The third-order valence-electron chi connectivity index (χ3n) is 11.5. The van der Waals surface area contributed by atoms with Gasteiger partial charge in [0.05, 0.1) is 23.5 Å². The molecular weight excluding hydrogens is 1200 g/mol. The van der Waals surface area contributed by atoms with Gasteiger partial charge in [-0.05, 0) is 22.3 Å². The van der Waals surface area contributed by atoms with Gasteiger partial charge in [0.1, 0.15) is 0 Å². The smallest absolute Gasteiger partial charge is 0.0666 e. The van der Waals surface area contributed by atoms with Crippen molar-refractivity contribution in [3.05, 3.63) is 230 Å². The van der Waals surface area contributed by atoms with Gasteiger partial charge in [-0.15, -0.1) is 0 Å². The molecule has 0 aliphatic carbocycles. The quantitative estimate of drug-likeness (QED) is 0.0864. The standard InChI is InChI=1S/C53H38N5O.C6H5.Bi.Pt/c1-53(2,3)40-22-15-25-42(34-40)57-36-55(41-23-11-6-12-24-41)49-32-33-50(54-52(49)57)59-44-27-16-26-43(35-44)56-37-58(48-31-14-13-30-47(48)56)51-45(38-18-7-4-8-19-38)28-17-29-46(51)39-20-9-5-10-21-39;1-2-4-6-5-3-1;;/h4-23,26-34H,1-3H3;1-5H;;/q-1;;;/i4D,5D,7D,8D,9D,10D,17D,18D,19D,20D,21D,28D,29D;;;. The Morgan fingerprint density at radius 2 is 1.39 bits per heavy atom. The first-order valence-corrected chi connectivity index (χ1v) is 26.4. The van der Waals surface area contributed by atoms with Gasteiger partial charge in [-0.1, -0.05) is 96.8 Å². The molecule has 8 heteroatoms. The maximum atomic E-state index is 9.40. The van der Waals surface area contributed by atoms with Crippen molar-refractivity contribution in [1.82, 2.24) is 14.1 Å². The van der Waals surface area contributed by atoms with Crippen LogP contribution in [0.25, 0.3) is 67.2 Å². The van der Waals surface area contributed by atoms with Crippen LogP contribution in [-0.2, 0) is 26.5 Å². The minimum Gasteiger partial charge on any atom is -0.0666 e. The molecule has 11 aromatic rings. The average molecular weight is 1260 g/mol. The van der Waals surface area contributed by atoms with Crippen molar-refractivity contribution in [3.63, 3.8) is 0 Å². The minimum atomic E-state index is -3.04. The van der Waals surface area contributed by atoms with Crippen molar-refractivity contribution in [3.8, 4) is 56.6 Å². The van der Waals surface area contributed by atoms with E-state index in [0.29, 0.717) is 22.4 Å². The van der Waals surface area contributed by atoms with E-state index >= 15 is 0 Å². The monoisotopic (exact) mass is 1250 g/mol. The van der Waals surface area contributed by atoms with Crippen LogP contribution in [-0.4, -0.2) is 35.9 Å². The molecule has 12 rings (SSSR count). The number of fused-ring (bicyclic) bond motifs is 6. The number of imidazole rings is 2. The van der Waals surface area contributed by atoms with Gasteiger partial charge in [0, 0.05) is 21.1 Å². The molecule has 0 unspecified atom stereocenters. The van der Waals surface area contributed by atoms with Gasteiger partial charge in [-0.2, -0.15) is 0 Å². The first-order valence-electron chi connectivity index (χ1n) is 27.7. The number of hydrogen-bond donors (Lipinski definition) is 0. The van der Waals surface area contributed by atoms with Crippen LogP contribution in [0.5, 0.6) is 11.6 Å². The first kappa shape index (κ1) is 30.5. The molecule has 0 atom stereocenters. The SMILES string of the molecule is [2H]c1c([2H])c([2H])c(-c2c([2H])c([2H])c([2H])c(-c3c([2H])c([2H])c([2H])c([2H])c3[2H])c2-[n+]2[c-]n(-c3[c-]c(Oc4ccc5c(n4)[n+](-c4[c-]ccc(C(C)(C)C)c4)[c]4n5-c5cccc[c]5[Bi]4[c]4ccccc4)ccc3)c3ccccc32)c([2H])c1[2H].[Pt]. The van der Waals surface area contributed by atoms with Gasteiger partial charge in [-0.25, -0.2) is 0 Å². The summed E-state index contributed by atoms with van der Waals surface area (Å²) in [6.45, 7) is 6.55. The van der Waals surface area contributed by atoms with Gasteiger partial charge >= 0.3 is 270 Å². The molecular formula is C59H43BiN5OPt-. The van der Waals surface area contributed by atoms with E-state index in [-0.39, 0.29) is 43.8 Å². The molecule has 3 aromatic heterocycles. The minimum absolute atomic E-state index is 0. The molecule has 0 amide bonds. The van der Waals surface area contributed by atoms with E-state index in [4.69, 9.17) is 24.8 Å². The van der Waals surface area contributed by atoms with Crippen LogP contribution in [0.4, 0.5) is 0 Å². The molecule has 326 valence electrons. The topological polar surface area (TPSA) is 39.7 Å². The van der Waals surface area contributed by atoms with Crippen LogP contribution in [0.2, 0.25) is 0 Å². The fraction of sp³-hybridized carbons (Fsp3) is 0.0678. The summed E-state index contributed by atoms with van der Waals surface area (Å²) in [7, 11) is 0. The summed E-state index contributed by atoms with van der Waals surface area (Å²) in [5, 5.41) is 0. The summed E-state index contributed by atoms with van der Waals surface area (Å²) in [6.07, 6.45) is 3.27. The molecule has 1 aliphatic rings. The number of pyridine rings is 1. The molecule has 0 saturated heterocycles. The Bertz CT molecular complexity index is 4260. The predicted octanol–water partition coefficient (Wildman–Crippen LogP) is 10.2. The average Bonchev–Trinajstić information content (AvgIpc) is 4.32. The van der Waals surface area contributed by atoms with E-state index in [1.54, 1.807) is 47.0 Å². The van der Waals surface area contributed by atoms with E-state index in [9.17, 15) is 2.74 Å². The van der Waals surface area contributed by atoms with Crippen molar-refractivity contribution in [2.24, 2.45) is 0 Å². The Morgan fingerprint density at radius 3 is 2.13 bits per heavy atom. The Kier molecular flexibility index (Phi) is 7.95. The summed E-state index contributed by atoms with van der Waals surface area (Å²) < 4.78 is 133. The zero-order valence-electron chi connectivity index (χ0n) is 49.0. The molecule has 67 heavy (non-hydrogen) atoms. The molecule has 8 aromatic carbocycles.